The van der Waals surface area contributed by atoms with Crippen molar-refractivity contribution in [1.82, 2.24) is 4.98 Å². The fourth-order valence-corrected chi connectivity index (χ4v) is 3.77. The van der Waals surface area contributed by atoms with E-state index < -0.39 is 0 Å². The number of halogens is 6. The van der Waals surface area contributed by atoms with E-state index in [0.29, 0.717) is 48.2 Å². The van der Waals surface area contributed by atoms with Crippen LogP contribution >= 0.6 is 69.6 Å². The third-order valence-electron chi connectivity index (χ3n) is 3.53. The van der Waals surface area contributed by atoms with Gasteiger partial charge in [-0.05, 0) is 36.4 Å². The SMILES string of the molecule is N#Cc1ccc(-c2cc(Cl)cc(Cl)c2Cl)nc1-c1cc(Cl)cc(Cl)c1Cl. The molecule has 0 atom stereocenters. The van der Waals surface area contributed by atoms with Crippen LogP contribution in [0.15, 0.2) is 36.4 Å². The highest BCUT2D eigenvalue weighted by molar-refractivity contribution is 6.45. The predicted octanol–water partition coefficient (Wildman–Crippen LogP) is 8.21. The summed E-state index contributed by atoms with van der Waals surface area (Å²) >= 11 is 36.9. The second kappa shape index (κ2) is 7.82. The molecule has 0 amide bonds. The van der Waals surface area contributed by atoms with Crippen molar-refractivity contribution in [2.75, 3.05) is 0 Å². The van der Waals surface area contributed by atoms with E-state index in [4.69, 9.17) is 69.6 Å². The second-order valence-corrected chi connectivity index (χ2v) is 7.65. The van der Waals surface area contributed by atoms with Gasteiger partial charge in [-0.3, -0.25) is 0 Å². The van der Waals surface area contributed by atoms with Gasteiger partial charge >= 0.3 is 0 Å². The number of nitrogens with zero attached hydrogens (tertiary/aromatic N) is 2. The van der Waals surface area contributed by atoms with Crippen molar-refractivity contribution in [3.63, 3.8) is 0 Å². The van der Waals surface area contributed by atoms with E-state index in [1.807, 2.05) is 0 Å². The molecule has 3 aromatic rings. The molecule has 0 fully saturated rings. The van der Waals surface area contributed by atoms with Crippen LogP contribution in [0, 0.1) is 11.3 Å². The van der Waals surface area contributed by atoms with Crippen molar-refractivity contribution in [3.8, 4) is 28.6 Å². The van der Waals surface area contributed by atoms with Crippen LogP contribution in [0.3, 0.4) is 0 Å². The van der Waals surface area contributed by atoms with Gasteiger partial charge in [0.05, 0.1) is 37.0 Å². The molecule has 3 rings (SSSR count). The number of nitriles is 1. The van der Waals surface area contributed by atoms with Gasteiger partial charge in [0.25, 0.3) is 0 Å². The molecule has 8 heteroatoms. The summed E-state index contributed by atoms with van der Waals surface area (Å²) in [6.07, 6.45) is 0. The van der Waals surface area contributed by atoms with E-state index in [9.17, 15) is 5.26 Å². The minimum Gasteiger partial charge on any atom is -0.246 e. The van der Waals surface area contributed by atoms with Crippen LogP contribution in [0.5, 0.6) is 0 Å². The predicted molar refractivity (Wildman–Crippen MR) is 110 cm³/mol. The maximum atomic E-state index is 9.45. The van der Waals surface area contributed by atoms with Gasteiger partial charge in [-0.2, -0.15) is 5.26 Å². The first-order chi connectivity index (χ1) is 12.3. The maximum absolute atomic E-state index is 9.45. The number of hydrogen-bond donors (Lipinski definition) is 0. The minimum atomic E-state index is 0.243. The molecular formula is C18H6Cl6N2. The zero-order valence-corrected chi connectivity index (χ0v) is 17.2. The molecule has 130 valence electrons. The van der Waals surface area contributed by atoms with E-state index in [1.165, 1.54) is 12.1 Å². The van der Waals surface area contributed by atoms with E-state index in [1.54, 1.807) is 24.3 Å². The van der Waals surface area contributed by atoms with Gasteiger partial charge in [-0.15, -0.1) is 0 Å². The molecule has 0 bridgehead atoms. The topological polar surface area (TPSA) is 36.7 Å². The Morgan fingerprint density at radius 3 is 1.85 bits per heavy atom. The maximum Gasteiger partial charge on any atom is 0.101 e. The smallest absolute Gasteiger partial charge is 0.101 e. The summed E-state index contributed by atoms with van der Waals surface area (Å²) in [6, 6.07) is 11.6. The molecule has 0 radical (unpaired) electrons. The van der Waals surface area contributed by atoms with Crippen LogP contribution in [-0.2, 0) is 0 Å². The average Bonchev–Trinajstić information content (AvgIpc) is 2.60. The first-order valence-electron chi connectivity index (χ1n) is 7.02. The Hall–Kier alpha value is -1.18. The van der Waals surface area contributed by atoms with Crippen LogP contribution in [0.2, 0.25) is 30.1 Å². The van der Waals surface area contributed by atoms with Gasteiger partial charge < -0.3 is 0 Å². The Morgan fingerprint density at radius 2 is 1.27 bits per heavy atom. The average molecular weight is 463 g/mol. The summed E-state index contributed by atoms with van der Waals surface area (Å²) in [5.74, 6) is 0. The highest BCUT2D eigenvalue weighted by Crippen LogP contribution is 2.40. The van der Waals surface area contributed by atoms with Crippen LogP contribution in [0.25, 0.3) is 22.5 Å². The van der Waals surface area contributed by atoms with Crippen molar-refractivity contribution in [2.24, 2.45) is 0 Å². The molecule has 2 nitrogen and oxygen atoms in total. The Balaban J connectivity index is 2.30. The molecule has 2 aromatic carbocycles. The summed E-state index contributed by atoms with van der Waals surface area (Å²) < 4.78 is 0. The quantitative estimate of drug-likeness (QED) is 0.360. The molecule has 0 unspecified atom stereocenters. The van der Waals surface area contributed by atoms with E-state index in [2.05, 4.69) is 11.1 Å². The number of pyridine rings is 1. The first kappa shape index (κ1) is 19.6. The zero-order valence-electron chi connectivity index (χ0n) is 12.6. The van der Waals surface area contributed by atoms with Gasteiger partial charge in [0.2, 0.25) is 0 Å². The van der Waals surface area contributed by atoms with Crippen molar-refractivity contribution in [1.29, 1.82) is 5.26 Å². The molecule has 0 N–H and O–H groups in total. The monoisotopic (exact) mass is 460 g/mol. The fraction of sp³-hybridized carbons (Fsp3) is 0. The van der Waals surface area contributed by atoms with Gasteiger partial charge in [-0.25, -0.2) is 4.98 Å². The van der Waals surface area contributed by atoms with Gasteiger partial charge in [-0.1, -0.05) is 69.6 Å². The molecule has 0 saturated carbocycles. The lowest BCUT2D eigenvalue weighted by Crippen LogP contribution is -1.95. The van der Waals surface area contributed by atoms with Gasteiger partial charge in [0.1, 0.15) is 6.07 Å². The molecule has 1 heterocycles. The van der Waals surface area contributed by atoms with Crippen LogP contribution < -0.4 is 0 Å². The number of rotatable bonds is 2. The van der Waals surface area contributed by atoms with Gasteiger partial charge in [0.15, 0.2) is 0 Å². The highest BCUT2D eigenvalue weighted by Gasteiger charge is 2.17. The highest BCUT2D eigenvalue weighted by atomic mass is 35.5. The lowest BCUT2D eigenvalue weighted by Gasteiger charge is -2.12. The summed E-state index contributed by atoms with van der Waals surface area (Å²) in [5, 5.41) is 11.3. The Kier molecular flexibility index (Phi) is 5.89. The zero-order chi connectivity index (χ0) is 19.0. The van der Waals surface area contributed by atoms with Crippen molar-refractivity contribution in [2.45, 2.75) is 0 Å². The summed E-state index contributed by atoms with van der Waals surface area (Å²) in [4.78, 5) is 4.54. The minimum absolute atomic E-state index is 0.243. The van der Waals surface area contributed by atoms with Crippen LogP contribution in [0.4, 0.5) is 0 Å². The van der Waals surface area contributed by atoms with Crippen LogP contribution in [0.1, 0.15) is 5.56 Å². The van der Waals surface area contributed by atoms with Gasteiger partial charge in [0, 0.05) is 21.2 Å². The lowest BCUT2D eigenvalue weighted by atomic mass is 10.0. The molecule has 1 aromatic heterocycles. The molecule has 0 aliphatic rings. The molecule has 0 spiro atoms. The van der Waals surface area contributed by atoms with Crippen molar-refractivity contribution >= 4 is 69.6 Å². The number of benzene rings is 2. The first-order valence-corrected chi connectivity index (χ1v) is 9.29. The van der Waals surface area contributed by atoms with E-state index in [-0.39, 0.29) is 10.0 Å². The largest absolute Gasteiger partial charge is 0.246 e. The Labute approximate surface area is 179 Å². The number of hydrogen-bond acceptors (Lipinski definition) is 2. The summed E-state index contributed by atoms with van der Waals surface area (Å²) in [5.41, 5.74) is 2.07. The second-order valence-electron chi connectivity index (χ2n) is 5.20. The normalized spacial score (nSPS) is 10.7. The molecule has 0 aliphatic heterocycles. The molecular weight excluding hydrogens is 457 g/mol. The van der Waals surface area contributed by atoms with E-state index >= 15 is 0 Å². The number of aromatic nitrogens is 1. The molecule has 0 aliphatic carbocycles. The Bertz CT molecular complexity index is 1070. The summed E-state index contributed by atoms with van der Waals surface area (Å²) in [7, 11) is 0. The van der Waals surface area contributed by atoms with Crippen molar-refractivity contribution in [3.05, 3.63) is 72.1 Å². The summed E-state index contributed by atoms with van der Waals surface area (Å²) in [6.45, 7) is 0. The molecule has 26 heavy (non-hydrogen) atoms. The third kappa shape index (κ3) is 3.75. The molecule has 0 saturated heterocycles. The fourth-order valence-electron chi connectivity index (χ4n) is 2.38. The van der Waals surface area contributed by atoms with Crippen molar-refractivity contribution < 1.29 is 0 Å². The standard InChI is InChI=1S/C18H6Cl6N2/c19-9-3-11(16(23)13(21)5-9)15-2-1-8(7-25)18(26-15)12-4-10(20)6-14(22)17(12)24/h1-6H. The van der Waals surface area contributed by atoms with E-state index in [0.717, 1.165) is 0 Å². The lowest BCUT2D eigenvalue weighted by molar-refractivity contribution is 1.30. The Morgan fingerprint density at radius 1 is 0.731 bits per heavy atom. The van der Waals surface area contributed by atoms with Crippen LogP contribution in [-0.4, -0.2) is 4.98 Å². The third-order valence-corrected chi connectivity index (χ3v) is 5.57.